The lowest BCUT2D eigenvalue weighted by molar-refractivity contribution is -0.384. The molecule has 10 heteroatoms. The summed E-state index contributed by atoms with van der Waals surface area (Å²) in [6.07, 6.45) is 5.41. The number of nitrogens with two attached hydrogens (primary N) is 1. The molecule has 0 spiro atoms. The van der Waals surface area contributed by atoms with Gasteiger partial charge in [-0.05, 0) is 37.0 Å². The van der Waals surface area contributed by atoms with Gasteiger partial charge in [-0.1, -0.05) is 31.2 Å². The Morgan fingerprint density at radius 1 is 1.24 bits per heavy atom. The highest BCUT2D eigenvalue weighted by molar-refractivity contribution is 6.01. The van der Waals surface area contributed by atoms with Crippen LogP contribution in [0.4, 0.5) is 17.3 Å². The minimum Gasteiger partial charge on any atom is -0.394 e. The third-order valence-corrected chi connectivity index (χ3v) is 5.45. The van der Waals surface area contributed by atoms with E-state index < -0.39 is 4.92 Å². The molecular formula is C24H30N6O4. The summed E-state index contributed by atoms with van der Waals surface area (Å²) < 4.78 is 1.96. The van der Waals surface area contributed by atoms with Crippen LogP contribution in [0, 0.1) is 10.1 Å². The summed E-state index contributed by atoms with van der Waals surface area (Å²) in [7, 11) is 0. The molecule has 180 valence electrons. The van der Waals surface area contributed by atoms with Crippen molar-refractivity contribution in [2.24, 2.45) is 0 Å². The van der Waals surface area contributed by atoms with E-state index in [1.54, 1.807) is 6.92 Å². The molecule has 1 aromatic carbocycles. The first-order valence-corrected chi connectivity index (χ1v) is 11.2. The molecule has 2 heterocycles. The maximum Gasteiger partial charge on any atom is 0.311 e. The van der Waals surface area contributed by atoms with E-state index in [2.05, 4.69) is 34.7 Å². The average molecular weight is 467 g/mol. The van der Waals surface area contributed by atoms with Crippen molar-refractivity contribution < 1.29 is 14.8 Å². The lowest BCUT2D eigenvalue weighted by Gasteiger charge is -2.11. The maximum absolute atomic E-state index is 12.9. The molecule has 0 unspecified atom stereocenters. The molecule has 0 aliphatic rings. The highest BCUT2D eigenvalue weighted by Gasteiger charge is 2.18. The standard InChI is InChI=1S/C24H30N6O4/c1-3-17-5-7-18(8-6-17)19-13-29(14-20(19)24(32)27-16(2)15-31)12-4-11-26-22-10-9-21(30(33)34)23(25)28-22/h5-10,13-14,16,31H,3-4,11-12,15H2,1-2H3,(H,27,32)(H3,25,26,28)/t16-/m0/s1. The number of hydrogen-bond donors (Lipinski definition) is 4. The van der Waals surface area contributed by atoms with E-state index in [1.165, 1.54) is 17.7 Å². The number of pyridine rings is 1. The predicted octanol–water partition coefficient (Wildman–Crippen LogP) is 3.22. The molecule has 0 aliphatic carbocycles. The third kappa shape index (κ3) is 6.10. The number of nitrogens with one attached hydrogen (secondary N) is 2. The highest BCUT2D eigenvalue weighted by atomic mass is 16.6. The number of nitrogens with zero attached hydrogens (tertiary/aromatic N) is 3. The molecule has 2 aromatic heterocycles. The van der Waals surface area contributed by atoms with Crippen LogP contribution in [0.15, 0.2) is 48.8 Å². The molecular weight excluding hydrogens is 436 g/mol. The van der Waals surface area contributed by atoms with E-state index in [1.807, 2.05) is 29.1 Å². The van der Waals surface area contributed by atoms with Gasteiger partial charge in [0.25, 0.3) is 5.91 Å². The number of rotatable bonds is 11. The molecule has 34 heavy (non-hydrogen) atoms. The zero-order valence-electron chi connectivity index (χ0n) is 19.3. The smallest absolute Gasteiger partial charge is 0.311 e. The first kappa shape index (κ1) is 24.7. The second-order valence-electron chi connectivity index (χ2n) is 8.07. The number of aliphatic hydroxyl groups excluding tert-OH is 1. The van der Waals surface area contributed by atoms with Gasteiger partial charge in [-0.3, -0.25) is 14.9 Å². The number of carbonyl (C=O) groups is 1. The van der Waals surface area contributed by atoms with Crippen molar-refractivity contribution in [2.45, 2.75) is 39.3 Å². The minimum absolute atomic E-state index is 0.132. The number of aliphatic hydroxyl groups is 1. The zero-order valence-corrected chi connectivity index (χ0v) is 19.3. The summed E-state index contributed by atoms with van der Waals surface area (Å²) >= 11 is 0. The highest BCUT2D eigenvalue weighted by Crippen LogP contribution is 2.26. The Morgan fingerprint density at radius 3 is 2.59 bits per heavy atom. The monoisotopic (exact) mass is 466 g/mol. The van der Waals surface area contributed by atoms with Gasteiger partial charge in [-0.25, -0.2) is 4.98 Å². The van der Waals surface area contributed by atoms with E-state index in [0.717, 1.165) is 24.0 Å². The lowest BCUT2D eigenvalue weighted by Crippen LogP contribution is -2.35. The number of hydrogen-bond acceptors (Lipinski definition) is 7. The van der Waals surface area contributed by atoms with Crippen LogP contribution in [0.25, 0.3) is 11.1 Å². The number of nitrogen functional groups attached to an aromatic ring is 1. The minimum atomic E-state index is -0.569. The fraction of sp³-hybridized carbons (Fsp3) is 0.333. The van der Waals surface area contributed by atoms with Crippen LogP contribution >= 0.6 is 0 Å². The van der Waals surface area contributed by atoms with E-state index in [9.17, 15) is 20.0 Å². The first-order valence-electron chi connectivity index (χ1n) is 11.2. The average Bonchev–Trinajstić information content (AvgIpc) is 3.26. The van der Waals surface area contributed by atoms with Crippen molar-refractivity contribution in [3.63, 3.8) is 0 Å². The van der Waals surface area contributed by atoms with Gasteiger partial charge in [0.1, 0.15) is 5.82 Å². The molecule has 0 radical (unpaired) electrons. The van der Waals surface area contributed by atoms with Gasteiger partial charge in [-0.2, -0.15) is 0 Å². The Hall–Kier alpha value is -3.92. The summed E-state index contributed by atoms with van der Waals surface area (Å²) in [5, 5.41) is 26.1. The molecule has 1 amide bonds. The van der Waals surface area contributed by atoms with Crippen molar-refractivity contribution >= 4 is 23.2 Å². The number of aromatic nitrogens is 2. The topological polar surface area (TPSA) is 148 Å². The van der Waals surface area contributed by atoms with Crippen LogP contribution in [0.2, 0.25) is 0 Å². The largest absolute Gasteiger partial charge is 0.394 e. The summed E-state index contributed by atoms with van der Waals surface area (Å²) in [4.78, 5) is 27.2. The Labute approximate surface area is 198 Å². The van der Waals surface area contributed by atoms with Gasteiger partial charge in [0.05, 0.1) is 17.1 Å². The molecule has 0 fully saturated rings. The molecule has 1 atom stereocenters. The summed E-state index contributed by atoms with van der Waals surface area (Å²) in [5.41, 5.74) is 8.94. The van der Waals surface area contributed by atoms with Crippen LogP contribution in [0.5, 0.6) is 0 Å². The molecule has 0 saturated heterocycles. The number of nitro groups is 1. The Balaban J connectivity index is 1.70. The number of benzene rings is 1. The van der Waals surface area contributed by atoms with Crippen LogP contribution in [-0.4, -0.2) is 44.7 Å². The van der Waals surface area contributed by atoms with Gasteiger partial charge in [0.15, 0.2) is 0 Å². The zero-order chi connectivity index (χ0) is 24.7. The molecule has 0 bridgehead atoms. The van der Waals surface area contributed by atoms with Gasteiger partial charge < -0.3 is 26.0 Å². The molecule has 3 aromatic rings. The van der Waals surface area contributed by atoms with Crippen molar-refractivity contribution in [2.75, 3.05) is 24.2 Å². The quantitative estimate of drug-likeness (QED) is 0.193. The summed E-state index contributed by atoms with van der Waals surface area (Å²) in [5.74, 6) is 0.0934. The van der Waals surface area contributed by atoms with Crippen molar-refractivity contribution in [1.29, 1.82) is 0 Å². The Morgan fingerprint density at radius 2 is 1.97 bits per heavy atom. The van der Waals surface area contributed by atoms with E-state index in [4.69, 9.17) is 5.73 Å². The third-order valence-electron chi connectivity index (χ3n) is 5.45. The Bertz CT molecular complexity index is 1140. The number of carbonyl (C=O) groups excluding carboxylic acids is 1. The van der Waals surface area contributed by atoms with Crippen molar-refractivity contribution in [1.82, 2.24) is 14.9 Å². The Kier molecular flexibility index (Phi) is 8.20. The van der Waals surface area contributed by atoms with Crippen LogP contribution in [0.1, 0.15) is 36.2 Å². The van der Waals surface area contributed by atoms with E-state index >= 15 is 0 Å². The fourth-order valence-corrected chi connectivity index (χ4v) is 3.51. The van der Waals surface area contributed by atoms with Crippen molar-refractivity contribution in [3.8, 4) is 11.1 Å². The van der Waals surface area contributed by atoms with Crippen molar-refractivity contribution in [3.05, 3.63) is 70.0 Å². The summed E-state index contributed by atoms with van der Waals surface area (Å²) in [6.45, 7) is 4.90. The first-order chi connectivity index (χ1) is 16.3. The van der Waals surface area contributed by atoms with Gasteiger partial charge in [0, 0.05) is 43.2 Å². The second kappa shape index (κ2) is 11.3. The SMILES string of the molecule is CCc1ccc(-c2cn(CCCNc3ccc([N+](=O)[O-])c(N)n3)cc2C(=O)N[C@@H](C)CO)cc1. The molecule has 3 rings (SSSR count). The van der Waals surface area contributed by atoms with Gasteiger partial charge >= 0.3 is 5.69 Å². The van der Waals surface area contributed by atoms with Gasteiger partial charge in [-0.15, -0.1) is 0 Å². The predicted molar refractivity (Wildman–Crippen MR) is 132 cm³/mol. The second-order valence-corrected chi connectivity index (χ2v) is 8.07. The number of amides is 1. The molecule has 10 nitrogen and oxygen atoms in total. The normalized spacial score (nSPS) is 11.7. The maximum atomic E-state index is 12.9. The number of anilines is 2. The van der Waals surface area contributed by atoms with Crippen LogP contribution < -0.4 is 16.4 Å². The van der Waals surface area contributed by atoms with Crippen LogP contribution in [-0.2, 0) is 13.0 Å². The molecule has 0 aliphatic heterocycles. The van der Waals surface area contributed by atoms with E-state index in [0.29, 0.717) is 24.5 Å². The molecule has 0 saturated carbocycles. The lowest BCUT2D eigenvalue weighted by atomic mass is 10.0. The van der Waals surface area contributed by atoms with E-state index in [-0.39, 0.29) is 30.1 Å². The van der Waals surface area contributed by atoms with Crippen LogP contribution in [0.3, 0.4) is 0 Å². The van der Waals surface area contributed by atoms with Gasteiger partial charge in [0.2, 0.25) is 5.82 Å². The summed E-state index contributed by atoms with van der Waals surface area (Å²) in [6, 6.07) is 10.6. The number of aryl methyl sites for hydroxylation is 2. The fourth-order valence-electron chi connectivity index (χ4n) is 3.51. The molecule has 5 N–H and O–H groups in total.